The van der Waals surface area contributed by atoms with Gasteiger partial charge in [-0.3, -0.25) is 4.79 Å². The van der Waals surface area contributed by atoms with Crippen molar-refractivity contribution in [2.75, 3.05) is 6.54 Å². The number of hydrogen-bond acceptors (Lipinski definition) is 5. The minimum absolute atomic E-state index is 0.0707. The Labute approximate surface area is 123 Å². The fourth-order valence-electron chi connectivity index (χ4n) is 1.83. The van der Waals surface area contributed by atoms with E-state index in [9.17, 15) is 9.59 Å². The van der Waals surface area contributed by atoms with Crippen molar-refractivity contribution in [2.24, 2.45) is 11.3 Å². The fraction of sp³-hybridized carbons (Fsp3) is 0.692. The van der Waals surface area contributed by atoms with Crippen LogP contribution in [0.4, 0.5) is 4.79 Å². The summed E-state index contributed by atoms with van der Waals surface area (Å²) in [6.45, 7) is 7.73. The summed E-state index contributed by atoms with van der Waals surface area (Å²) < 4.78 is 4.85. The summed E-state index contributed by atoms with van der Waals surface area (Å²) in [7, 11) is 0. The fourth-order valence-corrected chi connectivity index (χ4v) is 1.83. The molecule has 8 heteroatoms. The molecular weight excluding hydrogens is 276 g/mol. The van der Waals surface area contributed by atoms with Crippen molar-refractivity contribution in [3.05, 3.63) is 11.7 Å². The van der Waals surface area contributed by atoms with Crippen LogP contribution in [0.25, 0.3) is 0 Å². The van der Waals surface area contributed by atoms with E-state index >= 15 is 0 Å². The molecule has 0 aromatic carbocycles. The minimum atomic E-state index is -0.919. The molecule has 0 fully saturated rings. The largest absolute Gasteiger partial charge is 0.481 e. The molecule has 0 aliphatic rings. The Morgan fingerprint density at radius 3 is 2.48 bits per heavy atom. The summed E-state index contributed by atoms with van der Waals surface area (Å²) in [4.78, 5) is 26.7. The molecule has 0 bridgehead atoms. The summed E-state index contributed by atoms with van der Waals surface area (Å²) in [5, 5.41) is 17.8. The standard InChI is InChI=1S/C13H22N4O4/c1-8-16-10(21-17-8)7-15-12(20)14-6-9(11(18)19)5-13(2,3)4/h9H,5-7H2,1-4H3,(H,18,19)(H2,14,15,20). The molecule has 0 saturated heterocycles. The first-order valence-corrected chi connectivity index (χ1v) is 6.71. The SMILES string of the molecule is Cc1noc(CNC(=O)NCC(CC(C)(C)C)C(=O)O)n1. The van der Waals surface area contributed by atoms with E-state index in [1.165, 1.54) is 0 Å². The number of carbonyl (C=O) groups excluding carboxylic acids is 1. The zero-order valence-electron chi connectivity index (χ0n) is 12.8. The van der Waals surface area contributed by atoms with Gasteiger partial charge in [-0.15, -0.1) is 0 Å². The van der Waals surface area contributed by atoms with Crippen LogP contribution in [0.5, 0.6) is 0 Å². The quantitative estimate of drug-likeness (QED) is 0.729. The van der Waals surface area contributed by atoms with Gasteiger partial charge in [0.1, 0.15) is 0 Å². The van der Waals surface area contributed by atoms with Crippen LogP contribution in [0.3, 0.4) is 0 Å². The van der Waals surface area contributed by atoms with Gasteiger partial charge in [0, 0.05) is 6.54 Å². The van der Waals surface area contributed by atoms with Gasteiger partial charge >= 0.3 is 12.0 Å². The molecule has 0 aliphatic heterocycles. The van der Waals surface area contributed by atoms with Crippen molar-refractivity contribution in [3.63, 3.8) is 0 Å². The summed E-state index contributed by atoms with van der Waals surface area (Å²) >= 11 is 0. The van der Waals surface area contributed by atoms with E-state index in [-0.39, 0.29) is 18.5 Å². The molecule has 1 heterocycles. The number of amides is 2. The van der Waals surface area contributed by atoms with Crippen LogP contribution < -0.4 is 10.6 Å². The van der Waals surface area contributed by atoms with Crippen LogP contribution in [0.2, 0.25) is 0 Å². The van der Waals surface area contributed by atoms with Gasteiger partial charge in [-0.2, -0.15) is 4.98 Å². The van der Waals surface area contributed by atoms with Crippen LogP contribution in [0.15, 0.2) is 4.52 Å². The van der Waals surface area contributed by atoms with E-state index in [0.29, 0.717) is 18.1 Å². The number of carbonyl (C=O) groups is 2. The van der Waals surface area contributed by atoms with E-state index in [0.717, 1.165) is 0 Å². The molecule has 3 N–H and O–H groups in total. The van der Waals surface area contributed by atoms with Crippen LogP contribution >= 0.6 is 0 Å². The number of hydrogen-bond donors (Lipinski definition) is 3. The molecule has 1 atom stereocenters. The topological polar surface area (TPSA) is 117 Å². The number of nitrogens with one attached hydrogen (secondary N) is 2. The molecule has 0 radical (unpaired) electrons. The van der Waals surface area contributed by atoms with Gasteiger partial charge in [-0.1, -0.05) is 25.9 Å². The van der Waals surface area contributed by atoms with Gasteiger partial charge in [0.05, 0.1) is 12.5 Å². The predicted octanol–water partition coefficient (Wildman–Crippen LogP) is 1.31. The molecule has 0 saturated carbocycles. The van der Waals surface area contributed by atoms with Gasteiger partial charge in [-0.05, 0) is 18.8 Å². The number of nitrogens with zero attached hydrogens (tertiary/aromatic N) is 2. The van der Waals surface area contributed by atoms with Gasteiger partial charge in [0.2, 0.25) is 5.89 Å². The molecule has 118 valence electrons. The number of carboxylic acids is 1. The summed E-state index contributed by atoms with van der Waals surface area (Å²) in [6, 6.07) is -0.467. The number of urea groups is 1. The number of aryl methyl sites for hydroxylation is 1. The Kier molecular flexibility index (Phi) is 5.69. The predicted molar refractivity (Wildman–Crippen MR) is 74.5 cm³/mol. The third-order valence-electron chi connectivity index (χ3n) is 2.69. The first-order chi connectivity index (χ1) is 9.67. The second-order valence-electron chi connectivity index (χ2n) is 6.10. The van der Waals surface area contributed by atoms with Crippen LogP contribution in [0.1, 0.15) is 38.9 Å². The van der Waals surface area contributed by atoms with E-state index in [1.807, 2.05) is 20.8 Å². The zero-order valence-corrected chi connectivity index (χ0v) is 12.8. The normalized spacial score (nSPS) is 12.8. The zero-order chi connectivity index (χ0) is 16.0. The molecule has 1 unspecified atom stereocenters. The Balaban J connectivity index is 2.37. The van der Waals surface area contributed by atoms with E-state index in [1.54, 1.807) is 6.92 Å². The monoisotopic (exact) mass is 298 g/mol. The average Bonchev–Trinajstić information content (AvgIpc) is 2.76. The van der Waals surface area contributed by atoms with Gasteiger partial charge in [0.25, 0.3) is 0 Å². The molecule has 1 aromatic rings. The molecule has 21 heavy (non-hydrogen) atoms. The lowest BCUT2D eigenvalue weighted by Crippen LogP contribution is -2.40. The van der Waals surface area contributed by atoms with Crippen LogP contribution in [-0.4, -0.2) is 33.8 Å². The van der Waals surface area contributed by atoms with Crippen LogP contribution in [-0.2, 0) is 11.3 Å². The van der Waals surface area contributed by atoms with Crippen LogP contribution in [0, 0.1) is 18.3 Å². The highest BCUT2D eigenvalue weighted by atomic mass is 16.5. The van der Waals surface area contributed by atoms with Gasteiger partial charge in [-0.25, -0.2) is 4.79 Å². The van der Waals surface area contributed by atoms with Crippen molar-refractivity contribution >= 4 is 12.0 Å². The maximum Gasteiger partial charge on any atom is 0.315 e. The molecule has 2 amide bonds. The van der Waals surface area contributed by atoms with Gasteiger partial charge < -0.3 is 20.3 Å². The first-order valence-electron chi connectivity index (χ1n) is 6.71. The third-order valence-corrected chi connectivity index (χ3v) is 2.69. The maximum atomic E-state index is 11.6. The van der Waals surface area contributed by atoms with E-state index < -0.39 is 17.9 Å². The van der Waals surface area contributed by atoms with Crippen molar-refractivity contribution in [1.82, 2.24) is 20.8 Å². The van der Waals surface area contributed by atoms with Crippen molar-refractivity contribution in [1.29, 1.82) is 0 Å². The highest BCUT2D eigenvalue weighted by molar-refractivity contribution is 5.75. The number of aliphatic carboxylic acids is 1. The Morgan fingerprint density at radius 2 is 2.00 bits per heavy atom. The highest BCUT2D eigenvalue weighted by Gasteiger charge is 2.24. The first kappa shape index (κ1) is 16.9. The molecule has 1 rings (SSSR count). The molecule has 0 spiro atoms. The highest BCUT2D eigenvalue weighted by Crippen LogP contribution is 2.24. The second-order valence-corrected chi connectivity index (χ2v) is 6.10. The molecule has 1 aromatic heterocycles. The number of rotatable bonds is 6. The molecule has 8 nitrogen and oxygen atoms in total. The lowest BCUT2D eigenvalue weighted by atomic mass is 9.84. The summed E-state index contributed by atoms with van der Waals surface area (Å²) in [6.07, 6.45) is 0.478. The van der Waals surface area contributed by atoms with E-state index in [4.69, 9.17) is 9.63 Å². The smallest absolute Gasteiger partial charge is 0.315 e. The lowest BCUT2D eigenvalue weighted by molar-refractivity contribution is -0.142. The van der Waals surface area contributed by atoms with E-state index in [2.05, 4.69) is 20.8 Å². The Hall–Kier alpha value is -2.12. The minimum Gasteiger partial charge on any atom is -0.481 e. The number of aromatic nitrogens is 2. The average molecular weight is 298 g/mol. The Morgan fingerprint density at radius 1 is 1.33 bits per heavy atom. The summed E-state index contributed by atoms with van der Waals surface area (Å²) in [5.74, 6) is -0.755. The Bertz CT molecular complexity index is 493. The summed E-state index contributed by atoms with van der Waals surface area (Å²) in [5.41, 5.74) is -0.123. The van der Waals surface area contributed by atoms with Crippen molar-refractivity contribution < 1.29 is 19.2 Å². The van der Waals surface area contributed by atoms with Gasteiger partial charge in [0.15, 0.2) is 5.82 Å². The maximum absolute atomic E-state index is 11.6. The lowest BCUT2D eigenvalue weighted by Gasteiger charge is -2.23. The van der Waals surface area contributed by atoms with Crippen molar-refractivity contribution in [2.45, 2.75) is 40.7 Å². The second kappa shape index (κ2) is 7.05. The molecule has 0 aliphatic carbocycles. The third kappa shape index (κ3) is 6.73. The van der Waals surface area contributed by atoms with Crippen molar-refractivity contribution in [3.8, 4) is 0 Å². The molecular formula is C13H22N4O4. The number of carboxylic acid groups (broad SMARTS) is 1.